The van der Waals surface area contributed by atoms with Crippen LogP contribution >= 0.6 is 0 Å². The Kier molecular flexibility index (Phi) is 1.90. The summed E-state index contributed by atoms with van der Waals surface area (Å²) in [6.45, 7) is 3.66. The first-order valence-corrected chi connectivity index (χ1v) is 4.84. The standard InChI is InChI=1S/C10H14O3/c1-5(2)13-10(12)9-6-3-4-7(11)8(6)9/h5-6,8-9H,3-4H2,1-2H3. The number of hydrogen-bond acceptors (Lipinski definition) is 3. The topological polar surface area (TPSA) is 43.4 Å². The van der Waals surface area contributed by atoms with Gasteiger partial charge in [-0.3, -0.25) is 9.59 Å². The lowest BCUT2D eigenvalue weighted by molar-refractivity contribution is -0.150. The smallest absolute Gasteiger partial charge is 0.310 e. The third-order valence-corrected chi connectivity index (χ3v) is 2.89. The second-order valence-electron chi connectivity index (χ2n) is 4.21. The Morgan fingerprint density at radius 1 is 1.54 bits per heavy atom. The highest BCUT2D eigenvalue weighted by Gasteiger charge is 2.62. The molecule has 0 aromatic heterocycles. The summed E-state index contributed by atoms with van der Waals surface area (Å²) in [6, 6.07) is 0. The van der Waals surface area contributed by atoms with Crippen molar-refractivity contribution >= 4 is 11.8 Å². The van der Waals surface area contributed by atoms with Crippen LogP contribution < -0.4 is 0 Å². The first-order valence-electron chi connectivity index (χ1n) is 4.84. The van der Waals surface area contributed by atoms with E-state index in [1.165, 1.54) is 0 Å². The molecule has 72 valence electrons. The van der Waals surface area contributed by atoms with Gasteiger partial charge >= 0.3 is 5.97 Å². The molecule has 2 aliphatic carbocycles. The molecule has 2 aliphatic rings. The lowest BCUT2D eigenvalue weighted by Crippen LogP contribution is -2.17. The molecule has 3 nitrogen and oxygen atoms in total. The van der Waals surface area contributed by atoms with Gasteiger partial charge in [-0.2, -0.15) is 0 Å². The summed E-state index contributed by atoms with van der Waals surface area (Å²) in [4.78, 5) is 22.6. The fraction of sp³-hybridized carbons (Fsp3) is 0.800. The van der Waals surface area contributed by atoms with Gasteiger partial charge in [0.2, 0.25) is 0 Å². The Balaban J connectivity index is 1.92. The summed E-state index contributed by atoms with van der Waals surface area (Å²) in [6.07, 6.45) is 1.49. The summed E-state index contributed by atoms with van der Waals surface area (Å²) in [5.74, 6) is 0.336. The van der Waals surface area contributed by atoms with Crippen LogP contribution in [-0.4, -0.2) is 17.9 Å². The van der Waals surface area contributed by atoms with E-state index in [1.807, 2.05) is 13.8 Å². The Bertz CT molecular complexity index is 257. The average molecular weight is 182 g/mol. The van der Waals surface area contributed by atoms with Crippen molar-refractivity contribution in [2.24, 2.45) is 17.8 Å². The molecule has 3 heteroatoms. The molecular formula is C10H14O3. The van der Waals surface area contributed by atoms with Gasteiger partial charge in [0.15, 0.2) is 0 Å². The van der Waals surface area contributed by atoms with Crippen LogP contribution in [0, 0.1) is 17.8 Å². The van der Waals surface area contributed by atoms with E-state index in [2.05, 4.69) is 0 Å². The van der Waals surface area contributed by atoms with Crippen molar-refractivity contribution in [3.05, 3.63) is 0 Å². The number of rotatable bonds is 2. The van der Waals surface area contributed by atoms with Crippen LogP contribution in [0.1, 0.15) is 26.7 Å². The minimum absolute atomic E-state index is 0.0197. The Labute approximate surface area is 77.4 Å². The molecule has 0 amide bonds. The van der Waals surface area contributed by atoms with Crippen molar-refractivity contribution in [2.45, 2.75) is 32.8 Å². The van der Waals surface area contributed by atoms with Crippen molar-refractivity contribution in [2.75, 3.05) is 0 Å². The summed E-state index contributed by atoms with van der Waals surface area (Å²) in [5.41, 5.74) is 0. The molecule has 3 unspecified atom stereocenters. The first kappa shape index (κ1) is 8.73. The van der Waals surface area contributed by atoms with Crippen molar-refractivity contribution in [1.82, 2.24) is 0 Å². The monoisotopic (exact) mass is 182 g/mol. The molecular weight excluding hydrogens is 168 g/mol. The number of Topliss-reactive ketones (excluding diaryl/α,β-unsaturated/α-hetero) is 1. The number of ketones is 1. The van der Waals surface area contributed by atoms with Gasteiger partial charge in [-0.05, 0) is 26.2 Å². The number of ether oxygens (including phenoxy) is 1. The molecule has 13 heavy (non-hydrogen) atoms. The highest BCUT2D eigenvalue weighted by molar-refractivity contribution is 5.94. The first-order chi connectivity index (χ1) is 6.11. The molecule has 0 saturated heterocycles. The van der Waals surface area contributed by atoms with Gasteiger partial charge in [0, 0.05) is 12.3 Å². The predicted molar refractivity (Wildman–Crippen MR) is 45.9 cm³/mol. The van der Waals surface area contributed by atoms with Gasteiger partial charge in [0.25, 0.3) is 0 Å². The minimum atomic E-state index is -0.168. The Morgan fingerprint density at radius 2 is 2.23 bits per heavy atom. The predicted octanol–water partition coefficient (Wildman–Crippen LogP) is 1.16. The fourth-order valence-electron chi connectivity index (χ4n) is 2.28. The van der Waals surface area contributed by atoms with Crippen molar-refractivity contribution in [3.8, 4) is 0 Å². The van der Waals surface area contributed by atoms with Gasteiger partial charge in [0.1, 0.15) is 5.78 Å². The van der Waals surface area contributed by atoms with E-state index in [-0.39, 0.29) is 29.7 Å². The molecule has 0 N–H and O–H groups in total. The average Bonchev–Trinajstić information content (AvgIpc) is 2.63. The van der Waals surface area contributed by atoms with Gasteiger partial charge in [-0.15, -0.1) is 0 Å². The largest absolute Gasteiger partial charge is 0.463 e. The zero-order chi connectivity index (χ0) is 9.59. The summed E-state index contributed by atoms with van der Waals surface area (Å²) >= 11 is 0. The maximum Gasteiger partial charge on any atom is 0.310 e. The maximum absolute atomic E-state index is 11.4. The SMILES string of the molecule is CC(C)OC(=O)C1C2CCC(=O)C21. The quantitative estimate of drug-likeness (QED) is 0.602. The van der Waals surface area contributed by atoms with Gasteiger partial charge in [0.05, 0.1) is 12.0 Å². The van der Waals surface area contributed by atoms with E-state index < -0.39 is 0 Å². The molecule has 2 fully saturated rings. The molecule has 3 atom stereocenters. The number of esters is 1. The molecule has 0 bridgehead atoms. The van der Waals surface area contributed by atoms with Crippen LogP contribution in [0.15, 0.2) is 0 Å². The molecule has 2 rings (SSSR count). The second kappa shape index (κ2) is 2.82. The lowest BCUT2D eigenvalue weighted by Gasteiger charge is -2.08. The van der Waals surface area contributed by atoms with E-state index in [0.717, 1.165) is 6.42 Å². The Hall–Kier alpha value is -0.860. The van der Waals surface area contributed by atoms with E-state index in [1.54, 1.807) is 0 Å². The summed E-state index contributed by atoms with van der Waals surface area (Å²) in [5, 5.41) is 0. The second-order valence-corrected chi connectivity index (χ2v) is 4.21. The number of hydrogen-bond donors (Lipinski definition) is 0. The normalized spacial score (nSPS) is 36.2. The summed E-state index contributed by atoms with van der Waals surface area (Å²) < 4.78 is 5.07. The molecule has 0 radical (unpaired) electrons. The zero-order valence-electron chi connectivity index (χ0n) is 7.95. The van der Waals surface area contributed by atoms with Crippen molar-refractivity contribution < 1.29 is 14.3 Å². The van der Waals surface area contributed by atoms with E-state index >= 15 is 0 Å². The summed E-state index contributed by atoms with van der Waals surface area (Å²) in [7, 11) is 0. The van der Waals surface area contributed by atoms with Gasteiger partial charge in [-0.1, -0.05) is 0 Å². The molecule has 2 saturated carbocycles. The molecule has 0 aromatic rings. The fourth-order valence-corrected chi connectivity index (χ4v) is 2.28. The van der Waals surface area contributed by atoms with Crippen molar-refractivity contribution in [3.63, 3.8) is 0 Å². The Morgan fingerprint density at radius 3 is 2.69 bits per heavy atom. The van der Waals surface area contributed by atoms with Gasteiger partial charge in [-0.25, -0.2) is 0 Å². The van der Waals surface area contributed by atoms with Crippen LogP contribution in [0.4, 0.5) is 0 Å². The van der Waals surface area contributed by atoms with E-state index in [4.69, 9.17) is 4.74 Å². The number of fused-ring (bicyclic) bond motifs is 1. The third kappa shape index (κ3) is 1.36. The van der Waals surface area contributed by atoms with E-state index in [9.17, 15) is 9.59 Å². The van der Waals surface area contributed by atoms with Crippen LogP contribution in [0.3, 0.4) is 0 Å². The van der Waals surface area contributed by atoms with Crippen LogP contribution in [0.25, 0.3) is 0 Å². The molecule has 0 heterocycles. The molecule has 0 aromatic carbocycles. The highest BCUT2D eigenvalue weighted by atomic mass is 16.5. The number of carbonyl (C=O) groups excluding carboxylic acids is 2. The van der Waals surface area contributed by atoms with Crippen LogP contribution in [0.2, 0.25) is 0 Å². The van der Waals surface area contributed by atoms with Crippen LogP contribution in [-0.2, 0) is 14.3 Å². The number of carbonyl (C=O) groups is 2. The maximum atomic E-state index is 11.4. The zero-order valence-corrected chi connectivity index (χ0v) is 7.95. The van der Waals surface area contributed by atoms with Crippen molar-refractivity contribution in [1.29, 1.82) is 0 Å². The van der Waals surface area contributed by atoms with Gasteiger partial charge < -0.3 is 4.74 Å². The van der Waals surface area contributed by atoms with Crippen LogP contribution in [0.5, 0.6) is 0 Å². The third-order valence-electron chi connectivity index (χ3n) is 2.89. The van der Waals surface area contributed by atoms with E-state index in [0.29, 0.717) is 12.3 Å². The lowest BCUT2D eigenvalue weighted by atomic mass is 10.1. The molecule has 0 spiro atoms. The highest BCUT2D eigenvalue weighted by Crippen LogP contribution is 2.55. The minimum Gasteiger partial charge on any atom is -0.463 e. The molecule has 0 aliphatic heterocycles.